The zero-order valence-electron chi connectivity index (χ0n) is 7.11. The number of carbonyl (C=O) groups excluding carboxylic acids is 1. The Labute approximate surface area is 75.4 Å². The molecule has 0 aliphatic heterocycles. The maximum atomic E-state index is 10.4. The van der Waals surface area contributed by atoms with Crippen molar-refractivity contribution >= 4 is 6.29 Å². The molecule has 0 bridgehead atoms. The highest BCUT2D eigenvalue weighted by atomic mass is 16.7. The normalized spacial score (nSPS) is 9.38. The maximum Gasteiger partial charge on any atom is 0.190 e. The second-order valence-corrected chi connectivity index (χ2v) is 2.25. The molecule has 0 aromatic heterocycles. The molecule has 0 unspecified atom stereocenters. The largest absolute Gasteiger partial charge is 0.493 e. The number of benzene rings is 1. The van der Waals surface area contributed by atoms with Gasteiger partial charge in [0.05, 0.1) is 7.11 Å². The lowest BCUT2D eigenvalue weighted by Crippen LogP contribution is -2.26. The number of rotatable bonds is 4. The average molecular weight is 182 g/mol. The minimum absolute atomic E-state index is 0.426. The van der Waals surface area contributed by atoms with Crippen LogP contribution in [0.3, 0.4) is 0 Å². The lowest BCUT2D eigenvalue weighted by Gasteiger charge is -2.07. The molecule has 70 valence electrons. The minimum atomic E-state index is 0.426. The van der Waals surface area contributed by atoms with Crippen LogP contribution in [0, 0.1) is 0 Å². The van der Waals surface area contributed by atoms with E-state index in [1.54, 1.807) is 18.2 Å². The number of nitrogens with two attached hydrogens (primary N) is 1. The number of hydrazine groups is 1. The molecule has 1 aromatic rings. The smallest absolute Gasteiger partial charge is 0.190 e. The van der Waals surface area contributed by atoms with Crippen molar-refractivity contribution in [1.82, 2.24) is 5.59 Å². The molecule has 0 saturated heterocycles. The van der Waals surface area contributed by atoms with E-state index in [2.05, 4.69) is 0 Å². The van der Waals surface area contributed by atoms with E-state index in [9.17, 15) is 4.79 Å². The molecule has 1 aromatic carbocycles. The maximum absolute atomic E-state index is 10.4. The molecule has 5 nitrogen and oxygen atoms in total. The van der Waals surface area contributed by atoms with Crippen LogP contribution in [0.5, 0.6) is 11.5 Å². The van der Waals surface area contributed by atoms with Gasteiger partial charge < -0.3 is 9.57 Å². The summed E-state index contributed by atoms with van der Waals surface area (Å²) < 4.78 is 4.96. The molecule has 1 rings (SSSR count). The van der Waals surface area contributed by atoms with Crippen molar-refractivity contribution in [3.05, 3.63) is 23.8 Å². The zero-order chi connectivity index (χ0) is 9.68. The van der Waals surface area contributed by atoms with Crippen molar-refractivity contribution in [2.45, 2.75) is 0 Å². The van der Waals surface area contributed by atoms with Crippen LogP contribution in [0.2, 0.25) is 0 Å². The molecule has 0 aliphatic carbocycles. The van der Waals surface area contributed by atoms with Crippen LogP contribution in [0.25, 0.3) is 0 Å². The van der Waals surface area contributed by atoms with E-state index in [0.29, 0.717) is 17.1 Å². The molecule has 0 radical (unpaired) electrons. The Morgan fingerprint density at radius 3 is 2.77 bits per heavy atom. The summed E-state index contributed by atoms with van der Waals surface area (Å²) in [5.74, 6) is 5.83. The highest BCUT2D eigenvalue weighted by Gasteiger charge is 2.04. The first-order chi connectivity index (χ1) is 6.31. The summed E-state index contributed by atoms with van der Waals surface area (Å²) in [6.45, 7) is 0. The van der Waals surface area contributed by atoms with E-state index in [1.165, 1.54) is 7.11 Å². The van der Waals surface area contributed by atoms with Crippen LogP contribution in [-0.2, 0) is 0 Å². The van der Waals surface area contributed by atoms with E-state index in [4.69, 9.17) is 15.4 Å². The van der Waals surface area contributed by atoms with Crippen molar-refractivity contribution in [3.8, 4) is 11.5 Å². The molecule has 0 fully saturated rings. The van der Waals surface area contributed by atoms with Crippen molar-refractivity contribution in [3.63, 3.8) is 0 Å². The van der Waals surface area contributed by atoms with Gasteiger partial charge in [-0.3, -0.25) is 4.79 Å². The van der Waals surface area contributed by atoms with E-state index >= 15 is 0 Å². The van der Waals surface area contributed by atoms with E-state index in [-0.39, 0.29) is 0 Å². The Morgan fingerprint density at radius 2 is 2.23 bits per heavy atom. The van der Waals surface area contributed by atoms with Gasteiger partial charge in [-0.25, -0.2) is 5.84 Å². The summed E-state index contributed by atoms with van der Waals surface area (Å²) in [6.07, 6.45) is 0.724. The fourth-order valence-electron chi connectivity index (χ4n) is 0.905. The molecule has 0 spiro atoms. The molecule has 3 N–H and O–H groups in total. The Kier molecular flexibility index (Phi) is 3.24. The van der Waals surface area contributed by atoms with Crippen molar-refractivity contribution < 1.29 is 14.4 Å². The SMILES string of the molecule is COc1cc(C=O)ccc1ONN. The fourth-order valence-corrected chi connectivity index (χ4v) is 0.905. The van der Waals surface area contributed by atoms with Gasteiger partial charge in [0, 0.05) is 5.56 Å². The van der Waals surface area contributed by atoms with Crippen LogP contribution in [0.15, 0.2) is 18.2 Å². The summed E-state index contributed by atoms with van der Waals surface area (Å²) in [5.41, 5.74) is 2.54. The molecule has 0 aliphatic rings. The van der Waals surface area contributed by atoms with Crippen molar-refractivity contribution in [2.75, 3.05) is 7.11 Å². The van der Waals surface area contributed by atoms with Crippen LogP contribution in [0.4, 0.5) is 0 Å². The summed E-state index contributed by atoms with van der Waals surface area (Å²) in [4.78, 5) is 15.2. The number of ether oxygens (including phenoxy) is 1. The Hall–Kier alpha value is -1.59. The first kappa shape index (κ1) is 9.50. The third-order valence-electron chi connectivity index (χ3n) is 1.49. The number of nitrogens with one attached hydrogen (secondary N) is 1. The second kappa shape index (κ2) is 4.44. The van der Waals surface area contributed by atoms with Gasteiger partial charge in [-0.1, -0.05) is 5.59 Å². The molecule has 0 saturated carbocycles. The van der Waals surface area contributed by atoms with Gasteiger partial charge in [0.2, 0.25) is 0 Å². The minimum Gasteiger partial charge on any atom is -0.493 e. The molecule has 0 atom stereocenters. The Bertz CT molecular complexity index is 301. The van der Waals surface area contributed by atoms with Gasteiger partial charge in [-0.05, 0) is 18.2 Å². The lowest BCUT2D eigenvalue weighted by atomic mass is 10.2. The highest BCUT2D eigenvalue weighted by molar-refractivity contribution is 5.76. The van der Waals surface area contributed by atoms with Gasteiger partial charge in [0.25, 0.3) is 0 Å². The molecular weight excluding hydrogens is 172 g/mol. The van der Waals surface area contributed by atoms with Crippen LogP contribution in [0.1, 0.15) is 10.4 Å². The number of carbonyl (C=O) groups is 1. The fraction of sp³-hybridized carbons (Fsp3) is 0.125. The number of methoxy groups -OCH3 is 1. The van der Waals surface area contributed by atoms with E-state index < -0.39 is 0 Å². The summed E-state index contributed by atoms with van der Waals surface area (Å²) in [6, 6.07) is 4.74. The third kappa shape index (κ3) is 2.17. The van der Waals surface area contributed by atoms with Crippen molar-refractivity contribution in [2.24, 2.45) is 5.84 Å². The van der Waals surface area contributed by atoms with Gasteiger partial charge in [-0.15, -0.1) is 0 Å². The topological polar surface area (TPSA) is 73.6 Å². The lowest BCUT2D eigenvalue weighted by molar-refractivity contribution is 0.112. The molecule has 5 heteroatoms. The number of hydrogen-bond donors (Lipinski definition) is 2. The van der Waals surface area contributed by atoms with Crippen LogP contribution >= 0.6 is 0 Å². The zero-order valence-corrected chi connectivity index (χ0v) is 7.11. The summed E-state index contributed by atoms with van der Waals surface area (Å²) in [7, 11) is 1.48. The van der Waals surface area contributed by atoms with Crippen LogP contribution < -0.4 is 21.0 Å². The van der Waals surface area contributed by atoms with Gasteiger partial charge in [0.1, 0.15) is 6.29 Å². The summed E-state index contributed by atoms with van der Waals surface area (Å²) >= 11 is 0. The first-order valence-electron chi connectivity index (χ1n) is 3.57. The summed E-state index contributed by atoms with van der Waals surface area (Å²) in [5, 5.41) is 0. The average Bonchev–Trinajstić information content (AvgIpc) is 2.19. The van der Waals surface area contributed by atoms with Gasteiger partial charge >= 0.3 is 0 Å². The van der Waals surface area contributed by atoms with Crippen molar-refractivity contribution in [1.29, 1.82) is 0 Å². The quantitative estimate of drug-likeness (QED) is 0.397. The van der Waals surface area contributed by atoms with E-state index in [0.717, 1.165) is 6.29 Å². The van der Waals surface area contributed by atoms with E-state index in [1.807, 2.05) is 5.59 Å². The predicted molar refractivity (Wildman–Crippen MR) is 46.3 cm³/mol. The molecule has 0 amide bonds. The third-order valence-corrected chi connectivity index (χ3v) is 1.49. The standard InChI is InChI=1S/C8H10N2O3/c1-12-8-4-6(5-11)2-3-7(8)13-10-9/h2-5,10H,9H2,1H3. The first-order valence-corrected chi connectivity index (χ1v) is 3.57. The number of aldehydes is 1. The highest BCUT2D eigenvalue weighted by Crippen LogP contribution is 2.26. The molecular formula is C8H10N2O3. The van der Waals surface area contributed by atoms with Gasteiger partial charge in [0.15, 0.2) is 11.5 Å². The Morgan fingerprint density at radius 1 is 1.46 bits per heavy atom. The monoisotopic (exact) mass is 182 g/mol. The molecule has 0 heterocycles. The predicted octanol–water partition coefficient (Wildman–Crippen LogP) is 0.265. The molecule has 13 heavy (non-hydrogen) atoms. The second-order valence-electron chi connectivity index (χ2n) is 2.25. The van der Waals surface area contributed by atoms with Crippen LogP contribution in [-0.4, -0.2) is 13.4 Å². The number of hydrogen-bond acceptors (Lipinski definition) is 5. The Balaban J connectivity index is 3.00. The van der Waals surface area contributed by atoms with Gasteiger partial charge in [-0.2, -0.15) is 0 Å².